The lowest BCUT2D eigenvalue weighted by molar-refractivity contribution is -0.142. The number of aliphatic hydroxyl groups excluding tert-OH is 1. The van der Waals surface area contributed by atoms with E-state index in [0.29, 0.717) is 30.1 Å². The first-order valence-corrected chi connectivity index (χ1v) is 14.1. The first-order chi connectivity index (χ1) is 17.9. The number of halogens is 1. The number of carbonyl (C=O) groups excluding carboxylic acids is 3. The third-order valence-corrected chi connectivity index (χ3v) is 10.2. The summed E-state index contributed by atoms with van der Waals surface area (Å²) in [6.07, 6.45) is 2.64. The summed E-state index contributed by atoms with van der Waals surface area (Å²) in [5.41, 5.74) is 1.43. The molecule has 2 bridgehead atoms. The molecule has 3 fully saturated rings. The molecule has 6 atom stereocenters. The molecule has 196 valence electrons. The van der Waals surface area contributed by atoms with E-state index >= 15 is 0 Å². The highest BCUT2D eigenvalue weighted by Crippen LogP contribution is 2.66. The van der Waals surface area contributed by atoms with Gasteiger partial charge in [0.05, 0.1) is 39.9 Å². The topological polar surface area (TPSA) is 98.7 Å². The molecule has 2 aromatic carbocycles. The normalized spacial score (nSPS) is 28.7. The molecule has 3 heterocycles. The number of nitrogens with one attached hydrogen (secondary N) is 2. The van der Waals surface area contributed by atoms with Gasteiger partial charge in [-0.25, -0.2) is 0 Å². The molecule has 3 saturated heterocycles. The lowest BCUT2D eigenvalue weighted by Crippen LogP contribution is -2.55. The van der Waals surface area contributed by atoms with Crippen molar-refractivity contribution in [2.24, 2.45) is 11.8 Å². The number of rotatable bonds is 9. The quantitative estimate of drug-likeness (QED) is 0.451. The van der Waals surface area contributed by atoms with Crippen molar-refractivity contribution in [1.82, 2.24) is 10.2 Å². The summed E-state index contributed by atoms with van der Waals surface area (Å²) in [7, 11) is 0. The molecule has 0 saturated carbocycles. The minimum Gasteiger partial charge on any atom is -0.394 e. The zero-order valence-corrected chi connectivity index (χ0v) is 22.3. The van der Waals surface area contributed by atoms with E-state index in [1.54, 1.807) is 40.9 Å². The predicted octanol–water partition coefficient (Wildman–Crippen LogP) is 3.50. The van der Waals surface area contributed by atoms with Crippen molar-refractivity contribution in [3.8, 4) is 0 Å². The number of benzene rings is 2. The van der Waals surface area contributed by atoms with Gasteiger partial charge < -0.3 is 20.6 Å². The summed E-state index contributed by atoms with van der Waals surface area (Å²) in [5.74, 6) is -1.77. The number of thioether (sulfide) groups is 1. The van der Waals surface area contributed by atoms with Crippen molar-refractivity contribution in [3.63, 3.8) is 0 Å². The molecule has 0 aromatic heterocycles. The zero-order valence-electron chi connectivity index (χ0n) is 20.7. The number of likely N-dealkylation sites (tertiary alicyclic amines) is 1. The maximum atomic E-state index is 14.2. The summed E-state index contributed by atoms with van der Waals surface area (Å²) in [4.78, 5) is 43.1. The van der Waals surface area contributed by atoms with E-state index in [1.807, 2.05) is 37.3 Å². The third-order valence-electron chi connectivity index (χ3n) is 7.89. The van der Waals surface area contributed by atoms with Crippen LogP contribution in [0.3, 0.4) is 0 Å². The highest BCUT2D eigenvalue weighted by atomic mass is 35.5. The fourth-order valence-corrected chi connectivity index (χ4v) is 8.74. The second-order valence-corrected chi connectivity index (χ2v) is 12.1. The standard InChI is InChI=1S/C28H32ClN3O4S/c1-2-14-30-25(34)22-21-12-13-28(37-21)23(22)27(36)32(18(16-33)15-17-8-4-3-5-9-17)24(28)26(35)31-20-11-7-6-10-19(20)29/h3-11,18,21-24,33H,2,12-16H2,1H3,(H,30,34)(H,31,35)/t18-,21-,22+,23+,24?,28?/m1/s1. The smallest absolute Gasteiger partial charge is 0.248 e. The number of amides is 3. The minimum absolute atomic E-state index is 0.00901. The molecule has 0 aliphatic carbocycles. The van der Waals surface area contributed by atoms with Crippen LogP contribution in [0, 0.1) is 11.8 Å². The van der Waals surface area contributed by atoms with Crippen molar-refractivity contribution in [2.45, 2.75) is 54.7 Å². The van der Waals surface area contributed by atoms with Crippen LogP contribution in [-0.4, -0.2) is 63.0 Å². The molecule has 2 aromatic rings. The highest BCUT2D eigenvalue weighted by molar-refractivity contribution is 8.02. The van der Waals surface area contributed by atoms with Gasteiger partial charge in [-0.2, -0.15) is 0 Å². The van der Waals surface area contributed by atoms with Gasteiger partial charge in [-0.3, -0.25) is 14.4 Å². The van der Waals surface area contributed by atoms with E-state index in [4.69, 9.17) is 11.6 Å². The van der Waals surface area contributed by atoms with Crippen LogP contribution in [0.15, 0.2) is 54.6 Å². The molecule has 2 unspecified atom stereocenters. The molecule has 5 rings (SSSR count). The van der Waals surface area contributed by atoms with Crippen LogP contribution >= 0.6 is 23.4 Å². The number of carbonyl (C=O) groups is 3. The molecule has 3 amide bonds. The molecule has 3 N–H and O–H groups in total. The van der Waals surface area contributed by atoms with Crippen molar-refractivity contribution >= 4 is 46.8 Å². The van der Waals surface area contributed by atoms with Crippen LogP contribution < -0.4 is 10.6 Å². The van der Waals surface area contributed by atoms with Gasteiger partial charge in [0.2, 0.25) is 17.7 Å². The predicted molar refractivity (Wildman–Crippen MR) is 145 cm³/mol. The average molecular weight is 542 g/mol. The van der Waals surface area contributed by atoms with Gasteiger partial charge in [0.15, 0.2) is 0 Å². The zero-order chi connectivity index (χ0) is 26.2. The fraction of sp³-hybridized carbons (Fsp3) is 0.464. The number of anilines is 1. The lowest BCUT2D eigenvalue weighted by atomic mass is 9.70. The third kappa shape index (κ3) is 4.53. The molecular formula is C28H32ClN3O4S. The van der Waals surface area contributed by atoms with Gasteiger partial charge >= 0.3 is 0 Å². The molecule has 3 aliphatic heterocycles. The molecule has 37 heavy (non-hydrogen) atoms. The maximum absolute atomic E-state index is 14.2. The van der Waals surface area contributed by atoms with Crippen LogP contribution in [0.4, 0.5) is 5.69 Å². The Morgan fingerprint density at radius 3 is 2.59 bits per heavy atom. The second kappa shape index (κ2) is 10.7. The maximum Gasteiger partial charge on any atom is 0.248 e. The van der Waals surface area contributed by atoms with Crippen LogP contribution in [0.2, 0.25) is 5.02 Å². The van der Waals surface area contributed by atoms with E-state index in [9.17, 15) is 19.5 Å². The summed E-state index contributed by atoms with van der Waals surface area (Å²) in [6.45, 7) is 2.25. The first-order valence-electron chi connectivity index (χ1n) is 12.9. The lowest BCUT2D eigenvalue weighted by Gasteiger charge is -2.37. The first kappa shape index (κ1) is 26.1. The Morgan fingerprint density at radius 2 is 1.89 bits per heavy atom. The van der Waals surface area contributed by atoms with Gasteiger partial charge in [-0.15, -0.1) is 11.8 Å². The molecule has 3 aliphatic rings. The van der Waals surface area contributed by atoms with E-state index in [1.165, 1.54) is 0 Å². The SMILES string of the molecule is CCCNC(=O)[C@@H]1[C@H]2C(=O)N([C@@H](CO)Cc3ccccc3)C(C(=O)Nc3ccccc3Cl)C23CC[C@H]1S3. The summed E-state index contributed by atoms with van der Waals surface area (Å²) >= 11 is 7.96. The number of aliphatic hydroxyl groups is 1. The second-order valence-electron chi connectivity index (χ2n) is 10.1. The molecular weight excluding hydrogens is 510 g/mol. The van der Waals surface area contributed by atoms with Crippen molar-refractivity contribution in [3.05, 3.63) is 65.2 Å². The molecule has 0 radical (unpaired) electrons. The van der Waals surface area contributed by atoms with Gasteiger partial charge in [-0.05, 0) is 43.4 Å². The monoisotopic (exact) mass is 541 g/mol. The van der Waals surface area contributed by atoms with Crippen LogP contribution in [-0.2, 0) is 20.8 Å². The van der Waals surface area contributed by atoms with Crippen molar-refractivity contribution in [2.75, 3.05) is 18.5 Å². The van der Waals surface area contributed by atoms with Gasteiger partial charge in [0.1, 0.15) is 6.04 Å². The fourth-order valence-electron chi connectivity index (χ4n) is 6.35. The van der Waals surface area contributed by atoms with Gasteiger partial charge in [0.25, 0.3) is 0 Å². The van der Waals surface area contributed by atoms with E-state index in [-0.39, 0.29) is 29.6 Å². The van der Waals surface area contributed by atoms with E-state index < -0.39 is 28.7 Å². The number of hydrogen-bond acceptors (Lipinski definition) is 5. The minimum atomic E-state index is -0.832. The Hall–Kier alpha value is -2.55. The molecule has 1 spiro atoms. The number of para-hydroxylation sites is 1. The summed E-state index contributed by atoms with van der Waals surface area (Å²) in [6, 6.07) is 15.2. The average Bonchev–Trinajstić information content (AvgIpc) is 3.55. The van der Waals surface area contributed by atoms with Crippen LogP contribution in [0.1, 0.15) is 31.7 Å². The summed E-state index contributed by atoms with van der Waals surface area (Å²) < 4.78 is -0.731. The Bertz CT molecular complexity index is 1180. The van der Waals surface area contributed by atoms with Crippen molar-refractivity contribution in [1.29, 1.82) is 0 Å². The number of fused-ring (bicyclic) bond motifs is 1. The molecule has 7 nitrogen and oxygen atoms in total. The van der Waals surface area contributed by atoms with Gasteiger partial charge in [-0.1, -0.05) is 61.0 Å². The van der Waals surface area contributed by atoms with Crippen LogP contribution in [0.25, 0.3) is 0 Å². The Kier molecular flexibility index (Phi) is 7.52. The van der Waals surface area contributed by atoms with E-state index in [2.05, 4.69) is 10.6 Å². The summed E-state index contributed by atoms with van der Waals surface area (Å²) in [5, 5.41) is 16.8. The van der Waals surface area contributed by atoms with Crippen molar-refractivity contribution < 1.29 is 19.5 Å². The Morgan fingerprint density at radius 1 is 1.16 bits per heavy atom. The van der Waals surface area contributed by atoms with E-state index in [0.717, 1.165) is 18.4 Å². The van der Waals surface area contributed by atoms with Gasteiger partial charge in [0, 0.05) is 11.8 Å². The molecule has 9 heteroatoms. The Labute approximate surface area is 226 Å². The number of nitrogens with zero attached hydrogens (tertiary/aromatic N) is 1. The highest BCUT2D eigenvalue weighted by Gasteiger charge is 2.74. The largest absolute Gasteiger partial charge is 0.394 e. The van der Waals surface area contributed by atoms with Crippen LogP contribution in [0.5, 0.6) is 0 Å². The number of hydrogen-bond donors (Lipinski definition) is 3. The Balaban J connectivity index is 1.53.